The van der Waals surface area contributed by atoms with E-state index in [2.05, 4.69) is 24.2 Å². The quantitative estimate of drug-likeness (QED) is 0.435. The molecule has 0 radical (unpaired) electrons. The molecule has 1 aromatic carbocycles. The number of para-hydroxylation sites is 1. The van der Waals surface area contributed by atoms with Crippen LogP contribution >= 0.6 is 0 Å². The summed E-state index contributed by atoms with van der Waals surface area (Å²) < 4.78 is 0. The van der Waals surface area contributed by atoms with Gasteiger partial charge in [-0.15, -0.1) is 0 Å². The number of rotatable bonds is 5. The van der Waals surface area contributed by atoms with Gasteiger partial charge < -0.3 is 10.4 Å². The number of hydrogen-bond acceptors (Lipinski definition) is 2. The first kappa shape index (κ1) is 17.1. The van der Waals surface area contributed by atoms with E-state index in [1.54, 1.807) is 0 Å². The molecule has 88 valence electrons. The van der Waals surface area contributed by atoms with E-state index in [-0.39, 0.29) is 63.4 Å². The fourth-order valence-electron chi connectivity index (χ4n) is 1.54. The third-order valence-corrected chi connectivity index (χ3v) is 2.42. The van der Waals surface area contributed by atoms with Gasteiger partial charge in [-0.3, -0.25) is 4.99 Å². The van der Waals surface area contributed by atoms with E-state index in [0.717, 1.165) is 24.9 Å². The second-order valence-electron chi connectivity index (χ2n) is 3.78. The van der Waals surface area contributed by atoms with Crippen LogP contribution in [0.25, 0.3) is 0 Å². The molecule has 0 bridgehead atoms. The molecule has 0 aliphatic carbocycles. The fourth-order valence-corrected chi connectivity index (χ4v) is 1.54. The van der Waals surface area contributed by atoms with Crippen LogP contribution in [-0.2, 0) is 0 Å². The van der Waals surface area contributed by atoms with Crippen LogP contribution < -0.4 is 61.8 Å². The second kappa shape index (κ2) is 10.1. The summed E-state index contributed by atoms with van der Waals surface area (Å²) in [6.07, 6.45) is 2.94. The van der Waals surface area contributed by atoms with Gasteiger partial charge in [0.25, 0.3) is 0 Å². The van der Waals surface area contributed by atoms with Gasteiger partial charge in [-0.2, -0.15) is 0 Å². The van der Waals surface area contributed by atoms with E-state index in [1.807, 2.05) is 30.3 Å². The van der Waals surface area contributed by atoms with Gasteiger partial charge in [0.1, 0.15) is 0 Å². The van der Waals surface area contributed by atoms with Crippen LogP contribution in [0.2, 0.25) is 0 Å². The molecule has 1 atom stereocenters. The molecule has 0 fully saturated rings. The van der Waals surface area contributed by atoms with Crippen molar-refractivity contribution in [1.29, 1.82) is 0 Å². The zero-order valence-corrected chi connectivity index (χ0v) is 14.1. The summed E-state index contributed by atoms with van der Waals surface area (Å²) in [4.78, 5) is 4.13. The molecule has 0 aliphatic heterocycles. The predicted molar refractivity (Wildman–Crippen MR) is 66.5 cm³/mol. The van der Waals surface area contributed by atoms with Gasteiger partial charge in [-0.05, 0) is 25.0 Å². The maximum absolute atomic E-state index is 11.6. The Kier molecular flexibility index (Phi) is 10.2. The van der Waals surface area contributed by atoms with E-state index in [9.17, 15) is 5.11 Å². The summed E-state index contributed by atoms with van der Waals surface area (Å²) in [7, 11) is 0. The van der Waals surface area contributed by atoms with Crippen molar-refractivity contribution < 1.29 is 56.5 Å². The third-order valence-electron chi connectivity index (χ3n) is 2.42. The molecule has 17 heavy (non-hydrogen) atoms. The number of hydrogen-bond donors (Lipinski definition) is 1. The van der Waals surface area contributed by atoms with Crippen molar-refractivity contribution in [3.8, 4) is 0 Å². The van der Waals surface area contributed by atoms with Crippen LogP contribution in [0.4, 0.5) is 5.69 Å². The molecular weight excluding hydrogens is 239 g/mol. The summed E-state index contributed by atoms with van der Waals surface area (Å²) in [5, 5.41) is 14.3. The second-order valence-corrected chi connectivity index (χ2v) is 3.78. The van der Waals surface area contributed by atoms with E-state index >= 15 is 0 Å². The predicted octanol–water partition coefficient (Wildman–Crippen LogP) is -0.602. The minimum absolute atomic E-state index is 0. The number of amidine groups is 1. The van der Waals surface area contributed by atoms with Gasteiger partial charge in [0.15, 0.2) is 0 Å². The summed E-state index contributed by atoms with van der Waals surface area (Å²) in [6.45, 7) is 4.16. The molecule has 0 saturated heterocycles. The van der Waals surface area contributed by atoms with Gasteiger partial charge in [0, 0.05) is 5.69 Å². The molecule has 0 spiro atoms. The molecule has 0 aromatic heterocycles. The Morgan fingerprint density at radius 1 is 1.29 bits per heavy atom. The molecule has 0 aliphatic rings. The Hall–Kier alpha value is 0.126. The van der Waals surface area contributed by atoms with Gasteiger partial charge in [-0.1, -0.05) is 38.5 Å². The zero-order valence-electron chi connectivity index (χ0n) is 10.9. The number of nitrogens with one attached hydrogen (secondary N) is 1. The Labute approximate surface area is 146 Å². The summed E-state index contributed by atoms with van der Waals surface area (Å²) in [5.74, 6) is 0. The maximum Gasteiger partial charge on any atom is 1.00 e. The number of anilines is 1. The summed E-state index contributed by atoms with van der Waals surface area (Å²) in [5.41, 5.74) is 0.794. The van der Waals surface area contributed by atoms with Crippen LogP contribution in [0.5, 0.6) is 0 Å². The minimum atomic E-state index is -0.244. The van der Waals surface area contributed by atoms with E-state index in [0.29, 0.717) is 0 Å². The van der Waals surface area contributed by atoms with Gasteiger partial charge >= 0.3 is 51.4 Å². The molecule has 0 amide bonds. The molecule has 1 N–H and O–H groups in total. The van der Waals surface area contributed by atoms with Crippen molar-refractivity contribution in [2.75, 3.05) is 5.32 Å². The zero-order chi connectivity index (χ0) is 11.8. The third kappa shape index (κ3) is 7.21. The van der Waals surface area contributed by atoms with Crippen molar-refractivity contribution in [3.63, 3.8) is 0 Å². The van der Waals surface area contributed by atoms with Crippen LogP contribution in [-0.4, -0.2) is 12.1 Å². The van der Waals surface area contributed by atoms with Gasteiger partial charge in [0.05, 0.1) is 12.1 Å². The molecule has 0 heterocycles. The van der Waals surface area contributed by atoms with Crippen molar-refractivity contribution in [1.82, 2.24) is 0 Å². The number of nitrogens with zero attached hydrogens (tertiary/aromatic N) is 1. The molecule has 0 saturated carbocycles. The monoisotopic (exact) mass is 258 g/mol. The normalized spacial score (nSPS) is 12.7. The first-order chi connectivity index (χ1) is 7.76. The average molecular weight is 258 g/mol. The molecule has 1 unspecified atom stereocenters. The van der Waals surface area contributed by atoms with Gasteiger partial charge in [0.2, 0.25) is 0 Å². The minimum Gasteiger partial charge on any atom is -0.846 e. The average Bonchev–Trinajstić information content (AvgIpc) is 2.29. The fraction of sp³-hybridized carbons (Fsp3) is 0.462. The molecule has 4 heteroatoms. The van der Waals surface area contributed by atoms with Crippen LogP contribution in [0.1, 0.15) is 33.1 Å². The van der Waals surface area contributed by atoms with Crippen molar-refractivity contribution in [2.24, 2.45) is 4.99 Å². The van der Waals surface area contributed by atoms with E-state index in [4.69, 9.17) is 0 Å². The number of benzene rings is 1. The SMILES string of the molecule is CCCC(CC)N=C([O-])Nc1ccccc1.[K+]. The molecule has 3 nitrogen and oxygen atoms in total. The summed E-state index contributed by atoms with van der Waals surface area (Å²) in [6, 6.07) is 9.30. The Morgan fingerprint density at radius 3 is 2.47 bits per heavy atom. The Balaban J connectivity index is 0.00000256. The maximum atomic E-state index is 11.6. The van der Waals surface area contributed by atoms with Gasteiger partial charge in [-0.25, -0.2) is 0 Å². The van der Waals surface area contributed by atoms with E-state index < -0.39 is 0 Å². The van der Waals surface area contributed by atoms with E-state index in [1.165, 1.54) is 0 Å². The van der Waals surface area contributed by atoms with Crippen molar-refractivity contribution in [2.45, 2.75) is 39.2 Å². The molecule has 1 rings (SSSR count). The largest absolute Gasteiger partial charge is 1.00 e. The molecular formula is C13H19KN2O. The van der Waals surface area contributed by atoms with Crippen molar-refractivity contribution in [3.05, 3.63) is 30.3 Å². The Bertz CT molecular complexity index is 327. The topological polar surface area (TPSA) is 47.5 Å². The smallest absolute Gasteiger partial charge is 0.846 e. The Morgan fingerprint density at radius 2 is 1.94 bits per heavy atom. The first-order valence-electron chi connectivity index (χ1n) is 5.83. The summed E-state index contributed by atoms with van der Waals surface area (Å²) >= 11 is 0. The standard InChI is InChI=1S/C13H20N2O.K/c1-3-8-11(4-2)14-13(16)15-12-9-6-5-7-10-12;/h5-7,9-11H,3-4,8H2,1-2H3,(H2,14,15,16);/q;+1/p-1. The van der Waals surface area contributed by atoms with Crippen molar-refractivity contribution >= 4 is 11.7 Å². The van der Waals surface area contributed by atoms with Crippen LogP contribution in [0.3, 0.4) is 0 Å². The van der Waals surface area contributed by atoms with Crippen LogP contribution in [0.15, 0.2) is 35.3 Å². The number of aliphatic imine (C=N–C) groups is 1. The van der Waals surface area contributed by atoms with Crippen LogP contribution in [0, 0.1) is 0 Å². The first-order valence-corrected chi connectivity index (χ1v) is 5.83. The molecule has 1 aromatic rings.